The van der Waals surface area contributed by atoms with Gasteiger partial charge in [-0.25, -0.2) is 4.98 Å². The van der Waals surface area contributed by atoms with Gasteiger partial charge in [-0.05, 0) is 18.6 Å². The van der Waals surface area contributed by atoms with E-state index in [1.807, 2.05) is 71.4 Å². The molecule has 0 bridgehead atoms. The Bertz CT molecular complexity index is 734. The van der Waals surface area contributed by atoms with Crippen molar-refractivity contribution < 1.29 is 4.79 Å². The van der Waals surface area contributed by atoms with Gasteiger partial charge in [-0.1, -0.05) is 68.3 Å². The third kappa shape index (κ3) is 3.62. The van der Waals surface area contributed by atoms with Crippen molar-refractivity contribution in [2.24, 2.45) is 0 Å². The molecular formula is C21H22N2O. The summed E-state index contributed by atoms with van der Waals surface area (Å²) in [5.41, 5.74) is 2.57. The second-order valence-corrected chi connectivity index (χ2v) is 5.90. The van der Waals surface area contributed by atoms with Gasteiger partial charge in [0.25, 0.3) is 0 Å². The molecule has 0 amide bonds. The van der Waals surface area contributed by atoms with Gasteiger partial charge in [-0.2, -0.15) is 0 Å². The Hall–Kier alpha value is -2.68. The molecule has 24 heavy (non-hydrogen) atoms. The van der Waals surface area contributed by atoms with Crippen LogP contribution in [0.15, 0.2) is 66.9 Å². The molecule has 0 aliphatic heterocycles. The predicted molar refractivity (Wildman–Crippen MR) is 97.5 cm³/mol. The maximum atomic E-state index is 12.5. The lowest BCUT2D eigenvalue weighted by Gasteiger charge is -2.07. The molecule has 0 fully saturated rings. The highest BCUT2D eigenvalue weighted by molar-refractivity contribution is 5.94. The molecule has 2 aromatic carbocycles. The van der Waals surface area contributed by atoms with Gasteiger partial charge in [-0.15, -0.1) is 0 Å². The second-order valence-electron chi connectivity index (χ2n) is 5.90. The number of aromatic nitrogens is 2. The minimum Gasteiger partial charge on any atom is -0.299 e. The van der Waals surface area contributed by atoms with Crippen LogP contribution < -0.4 is 0 Å². The fourth-order valence-electron chi connectivity index (χ4n) is 2.75. The summed E-state index contributed by atoms with van der Waals surface area (Å²) >= 11 is 0. The number of benzene rings is 2. The van der Waals surface area contributed by atoms with E-state index in [0.29, 0.717) is 12.1 Å². The van der Waals surface area contributed by atoms with E-state index in [-0.39, 0.29) is 5.78 Å². The van der Waals surface area contributed by atoms with Crippen molar-refractivity contribution in [1.82, 2.24) is 9.55 Å². The molecule has 122 valence electrons. The Labute approximate surface area is 143 Å². The number of imidazole rings is 1. The van der Waals surface area contributed by atoms with Gasteiger partial charge in [0, 0.05) is 23.9 Å². The molecule has 0 spiro atoms. The van der Waals surface area contributed by atoms with Crippen LogP contribution in [0.3, 0.4) is 0 Å². The Morgan fingerprint density at radius 2 is 1.62 bits per heavy atom. The van der Waals surface area contributed by atoms with Gasteiger partial charge in [0.1, 0.15) is 11.5 Å². The number of para-hydroxylation sites is 1. The number of hydrogen-bond acceptors (Lipinski definition) is 2. The Balaban J connectivity index is 1.99. The molecule has 1 aromatic heterocycles. The van der Waals surface area contributed by atoms with Crippen molar-refractivity contribution in [3.05, 3.63) is 72.6 Å². The van der Waals surface area contributed by atoms with E-state index < -0.39 is 0 Å². The molecule has 0 saturated heterocycles. The van der Waals surface area contributed by atoms with Crippen molar-refractivity contribution in [2.75, 3.05) is 0 Å². The van der Waals surface area contributed by atoms with Crippen molar-refractivity contribution in [3.8, 4) is 17.1 Å². The molecular weight excluding hydrogens is 296 g/mol. The molecule has 0 aliphatic carbocycles. The van der Waals surface area contributed by atoms with Crippen LogP contribution in [0.1, 0.15) is 43.1 Å². The monoisotopic (exact) mass is 318 g/mol. The normalized spacial score (nSPS) is 10.7. The maximum absolute atomic E-state index is 12.5. The Morgan fingerprint density at radius 3 is 2.29 bits per heavy atom. The van der Waals surface area contributed by atoms with Crippen LogP contribution >= 0.6 is 0 Å². The van der Waals surface area contributed by atoms with Crippen LogP contribution in [-0.4, -0.2) is 15.3 Å². The molecule has 3 rings (SSSR count). The molecule has 0 saturated carbocycles. The van der Waals surface area contributed by atoms with E-state index in [9.17, 15) is 4.79 Å². The average molecular weight is 318 g/mol. The Morgan fingerprint density at radius 1 is 0.958 bits per heavy atom. The smallest absolute Gasteiger partial charge is 0.182 e. The summed E-state index contributed by atoms with van der Waals surface area (Å²) in [6, 6.07) is 20.0. The molecule has 3 nitrogen and oxygen atoms in total. The number of carbonyl (C=O) groups is 1. The van der Waals surface area contributed by atoms with E-state index in [0.717, 1.165) is 36.3 Å². The molecule has 3 aromatic rings. The first-order chi connectivity index (χ1) is 11.8. The highest BCUT2D eigenvalue weighted by Crippen LogP contribution is 2.23. The Kier molecular flexibility index (Phi) is 5.22. The lowest BCUT2D eigenvalue weighted by atomic mass is 10.1. The van der Waals surface area contributed by atoms with Gasteiger partial charge in [0.05, 0.1) is 0 Å². The highest BCUT2D eigenvalue weighted by Gasteiger charge is 2.16. The van der Waals surface area contributed by atoms with E-state index in [4.69, 9.17) is 0 Å². The summed E-state index contributed by atoms with van der Waals surface area (Å²) in [6.45, 7) is 2.14. The van der Waals surface area contributed by atoms with Crippen LogP contribution in [0.5, 0.6) is 0 Å². The third-order valence-electron chi connectivity index (χ3n) is 4.07. The van der Waals surface area contributed by atoms with Crippen molar-refractivity contribution in [2.45, 2.75) is 32.6 Å². The van der Waals surface area contributed by atoms with Crippen LogP contribution in [0, 0.1) is 0 Å². The first kappa shape index (κ1) is 16.2. The lowest BCUT2D eigenvalue weighted by molar-refractivity contribution is 0.0975. The number of ketones is 1. The van der Waals surface area contributed by atoms with Gasteiger partial charge < -0.3 is 0 Å². The third-order valence-corrected chi connectivity index (χ3v) is 4.07. The number of carbonyl (C=O) groups excluding carboxylic acids is 1. The van der Waals surface area contributed by atoms with E-state index in [2.05, 4.69) is 11.9 Å². The summed E-state index contributed by atoms with van der Waals surface area (Å²) in [5, 5.41) is 0. The molecule has 0 unspecified atom stereocenters. The minimum absolute atomic E-state index is 0.121. The minimum atomic E-state index is 0.121. The van der Waals surface area contributed by atoms with Crippen LogP contribution in [0.2, 0.25) is 0 Å². The van der Waals surface area contributed by atoms with Crippen molar-refractivity contribution in [1.29, 1.82) is 0 Å². The zero-order chi connectivity index (χ0) is 16.8. The number of hydrogen-bond donors (Lipinski definition) is 0. The molecule has 1 heterocycles. The summed E-state index contributed by atoms with van der Waals surface area (Å²) in [6.07, 6.45) is 5.55. The van der Waals surface area contributed by atoms with Crippen LogP contribution in [-0.2, 0) is 0 Å². The fraction of sp³-hybridized carbons (Fsp3) is 0.238. The number of nitrogens with zero attached hydrogens (tertiary/aromatic N) is 2. The molecule has 0 atom stereocenters. The highest BCUT2D eigenvalue weighted by atomic mass is 16.1. The van der Waals surface area contributed by atoms with Crippen molar-refractivity contribution in [3.63, 3.8) is 0 Å². The largest absolute Gasteiger partial charge is 0.299 e. The fourth-order valence-corrected chi connectivity index (χ4v) is 2.75. The predicted octanol–water partition coefficient (Wildman–Crippen LogP) is 5.30. The second kappa shape index (κ2) is 7.73. The first-order valence-electron chi connectivity index (χ1n) is 8.53. The quantitative estimate of drug-likeness (QED) is 0.437. The van der Waals surface area contributed by atoms with Crippen LogP contribution in [0.4, 0.5) is 0 Å². The summed E-state index contributed by atoms with van der Waals surface area (Å²) < 4.78 is 2.00. The summed E-state index contributed by atoms with van der Waals surface area (Å²) in [4.78, 5) is 17.1. The summed E-state index contributed by atoms with van der Waals surface area (Å²) in [5.74, 6) is 0.927. The SMILES string of the molecule is CCCCCC(=O)c1cn(-c2ccccc2)c(-c2ccccc2)n1. The number of unbranched alkanes of at least 4 members (excludes halogenated alkanes) is 2. The van der Waals surface area contributed by atoms with E-state index >= 15 is 0 Å². The molecule has 3 heteroatoms. The van der Waals surface area contributed by atoms with E-state index in [1.165, 1.54) is 0 Å². The van der Waals surface area contributed by atoms with Crippen molar-refractivity contribution >= 4 is 5.78 Å². The topological polar surface area (TPSA) is 34.9 Å². The standard InChI is InChI=1S/C21H22N2O/c1-2-3-6-15-20(24)19-16-23(18-13-9-5-10-14-18)21(22-19)17-11-7-4-8-12-17/h4-5,7-14,16H,2-3,6,15H2,1H3. The van der Waals surface area contributed by atoms with Gasteiger partial charge in [-0.3, -0.25) is 9.36 Å². The van der Waals surface area contributed by atoms with Gasteiger partial charge >= 0.3 is 0 Å². The number of rotatable bonds is 7. The first-order valence-corrected chi connectivity index (χ1v) is 8.53. The van der Waals surface area contributed by atoms with E-state index in [1.54, 1.807) is 0 Å². The average Bonchev–Trinajstić information content (AvgIpc) is 3.09. The van der Waals surface area contributed by atoms with Gasteiger partial charge in [0.2, 0.25) is 0 Å². The zero-order valence-corrected chi connectivity index (χ0v) is 14.0. The van der Waals surface area contributed by atoms with Gasteiger partial charge in [0.15, 0.2) is 5.78 Å². The zero-order valence-electron chi connectivity index (χ0n) is 14.0. The lowest BCUT2D eigenvalue weighted by Crippen LogP contribution is -1.99. The molecule has 0 N–H and O–H groups in total. The molecule has 0 radical (unpaired) electrons. The molecule has 0 aliphatic rings. The number of Topliss-reactive ketones (excluding diaryl/α,β-unsaturated/α-hetero) is 1. The maximum Gasteiger partial charge on any atom is 0.182 e. The summed E-state index contributed by atoms with van der Waals surface area (Å²) in [7, 11) is 0. The van der Waals surface area contributed by atoms with Crippen LogP contribution in [0.25, 0.3) is 17.1 Å².